The van der Waals surface area contributed by atoms with Crippen molar-refractivity contribution < 1.29 is 14.3 Å². The minimum Gasteiger partial charge on any atom is -0.396 e. The highest BCUT2D eigenvalue weighted by molar-refractivity contribution is 5.99. The highest BCUT2D eigenvalue weighted by Crippen LogP contribution is 2.29. The Hall–Kier alpha value is -1.88. The van der Waals surface area contributed by atoms with Crippen LogP contribution in [-0.4, -0.2) is 40.1 Å². The van der Waals surface area contributed by atoms with Gasteiger partial charge in [-0.15, -0.1) is 0 Å². The number of benzene rings is 1. The van der Waals surface area contributed by atoms with E-state index in [0.29, 0.717) is 30.2 Å². The number of rotatable bonds is 6. The normalized spacial score (nSPS) is 14.5. The SMILES string of the molecule is Cc1cc(F)cc2[nH]c(C(=O)N(CCCCO)C3CC3)cc12. The summed E-state index contributed by atoms with van der Waals surface area (Å²) in [6.45, 7) is 2.65. The summed E-state index contributed by atoms with van der Waals surface area (Å²) in [6.07, 6.45) is 3.58. The minimum atomic E-state index is -0.298. The quantitative estimate of drug-likeness (QED) is 0.806. The van der Waals surface area contributed by atoms with E-state index in [9.17, 15) is 9.18 Å². The number of nitrogens with zero attached hydrogens (tertiary/aromatic N) is 1. The zero-order valence-electron chi connectivity index (χ0n) is 12.7. The number of hydrogen-bond acceptors (Lipinski definition) is 2. The number of aromatic amines is 1. The topological polar surface area (TPSA) is 56.3 Å². The monoisotopic (exact) mass is 304 g/mol. The van der Waals surface area contributed by atoms with Gasteiger partial charge in [-0.2, -0.15) is 0 Å². The van der Waals surface area contributed by atoms with Crippen molar-refractivity contribution in [1.82, 2.24) is 9.88 Å². The number of carbonyl (C=O) groups is 1. The van der Waals surface area contributed by atoms with E-state index in [1.165, 1.54) is 12.1 Å². The number of aryl methyl sites for hydroxylation is 1. The summed E-state index contributed by atoms with van der Waals surface area (Å²) in [5, 5.41) is 9.78. The van der Waals surface area contributed by atoms with Gasteiger partial charge in [-0.25, -0.2) is 4.39 Å². The van der Waals surface area contributed by atoms with Crippen molar-refractivity contribution in [2.45, 2.75) is 38.6 Å². The van der Waals surface area contributed by atoms with Crippen LogP contribution in [0.1, 0.15) is 41.7 Å². The summed E-state index contributed by atoms with van der Waals surface area (Å²) in [6, 6.07) is 5.03. The summed E-state index contributed by atoms with van der Waals surface area (Å²) in [5.41, 5.74) is 2.00. The number of amides is 1. The number of unbranched alkanes of at least 4 members (excludes halogenated alkanes) is 1. The van der Waals surface area contributed by atoms with Gasteiger partial charge in [-0.1, -0.05) is 0 Å². The maximum absolute atomic E-state index is 13.5. The molecule has 1 aliphatic rings. The zero-order valence-corrected chi connectivity index (χ0v) is 12.7. The third kappa shape index (κ3) is 2.99. The van der Waals surface area contributed by atoms with Gasteiger partial charge >= 0.3 is 0 Å². The molecule has 1 aliphatic carbocycles. The fourth-order valence-corrected chi connectivity index (χ4v) is 2.87. The lowest BCUT2D eigenvalue weighted by atomic mass is 10.1. The lowest BCUT2D eigenvalue weighted by Gasteiger charge is -2.21. The first kappa shape index (κ1) is 15.0. The number of carbonyl (C=O) groups excluding carboxylic acids is 1. The third-order valence-electron chi connectivity index (χ3n) is 4.20. The second-order valence-electron chi connectivity index (χ2n) is 6.03. The van der Waals surface area contributed by atoms with Gasteiger partial charge < -0.3 is 15.0 Å². The number of halogens is 1. The Labute approximate surface area is 128 Å². The molecule has 0 radical (unpaired) electrons. The number of H-pyrrole nitrogens is 1. The third-order valence-corrected chi connectivity index (χ3v) is 4.20. The Morgan fingerprint density at radius 3 is 2.82 bits per heavy atom. The molecule has 2 aromatic rings. The number of aromatic nitrogens is 1. The number of aliphatic hydroxyl groups is 1. The summed E-state index contributed by atoms with van der Waals surface area (Å²) in [4.78, 5) is 17.7. The summed E-state index contributed by atoms with van der Waals surface area (Å²) in [5.74, 6) is -0.329. The van der Waals surface area contributed by atoms with Crippen molar-refractivity contribution in [2.75, 3.05) is 13.2 Å². The first-order valence-corrected chi connectivity index (χ1v) is 7.81. The van der Waals surface area contributed by atoms with Gasteiger partial charge in [0.1, 0.15) is 11.5 Å². The molecule has 5 heteroatoms. The van der Waals surface area contributed by atoms with Gasteiger partial charge in [0.05, 0.1) is 0 Å². The predicted molar refractivity (Wildman–Crippen MR) is 83.4 cm³/mol. The van der Waals surface area contributed by atoms with Crippen LogP contribution >= 0.6 is 0 Å². The van der Waals surface area contributed by atoms with E-state index in [1.807, 2.05) is 17.9 Å². The average Bonchev–Trinajstić information content (AvgIpc) is 3.22. The maximum atomic E-state index is 13.5. The van der Waals surface area contributed by atoms with Crippen molar-refractivity contribution in [2.24, 2.45) is 0 Å². The van der Waals surface area contributed by atoms with Gasteiger partial charge in [-0.3, -0.25) is 4.79 Å². The predicted octanol–water partition coefficient (Wildman–Crippen LogP) is 2.99. The number of nitrogens with one attached hydrogen (secondary N) is 1. The van der Waals surface area contributed by atoms with Gasteiger partial charge in [-0.05, 0) is 56.4 Å². The molecule has 1 aromatic heterocycles. The lowest BCUT2D eigenvalue weighted by Crippen LogP contribution is -2.34. The van der Waals surface area contributed by atoms with Crippen LogP contribution in [0.5, 0.6) is 0 Å². The van der Waals surface area contributed by atoms with E-state index in [-0.39, 0.29) is 18.3 Å². The van der Waals surface area contributed by atoms with Crippen LogP contribution in [-0.2, 0) is 0 Å². The molecule has 0 bridgehead atoms. The molecule has 1 saturated carbocycles. The molecule has 1 heterocycles. The van der Waals surface area contributed by atoms with Crippen molar-refractivity contribution in [3.8, 4) is 0 Å². The Bertz CT molecular complexity index is 691. The first-order chi connectivity index (χ1) is 10.6. The molecule has 1 amide bonds. The Morgan fingerprint density at radius 1 is 1.36 bits per heavy atom. The molecule has 4 nitrogen and oxygen atoms in total. The minimum absolute atomic E-state index is 0.0311. The molecule has 0 spiro atoms. The van der Waals surface area contributed by atoms with E-state index < -0.39 is 0 Å². The first-order valence-electron chi connectivity index (χ1n) is 7.81. The molecule has 2 N–H and O–H groups in total. The molecule has 0 aliphatic heterocycles. The second-order valence-corrected chi connectivity index (χ2v) is 6.03. The van der Waals surface area contributed by atoms with Crippen LogP contribution in [0.4, 0.5) is 4.39 Å². The zero-order chi connectivity index (χ0) is 15.7. The Morgan fingerprint density at radius 2 is 2.14 bits per heavy atom. The average molecular weight is 304 g/mol. The summed E-state index contributed by atoms with van der Waals surface area (Å²) < 4.78 is 13.5. The Kier molecular flexibility index (Phi) is 4.16. The van der Waals surface area contributed by atoms with Gasteiger partial charge in [0.25, 0.3) is 5.91 Å². The Balaban J connectivity index is 1.85. The summed E-state index contributed by atoms with van der Waals surface area (Å²) in [7, 11) is 0. The summed E-state index contributed by atoms with van der Waals surface area (Å²) >= 11 is 0. The molecule has 0 atom stereocenters. The van der Waals surface area contributed by atoms with E-state index in [1.54, 1.807) is 0 Å². The largest absolute Gasteiger partial charge is 0.396 e. The molecule has 3 rings (SSSR count). The number of aliphatic hydroxyl groups excluding tert-OH is 1. The number of hydrogen-bond donors (Lipinski definition) is 2. The molecule has 0 unspecified atom stereocenters. The molecule has 22 heavy (non-hydrogen) atoms. The van der Waals surface area contributed by atoms with Crippen LogP contribution in [0.15, 0.2) is 18.2 Å². The van der Waals surface area contributed by atoms with Gasteiger partial charge in [0.15, 0.2) is 0 Å². The van der Waals surface area contributed by atoms with Gasteiger partial charge in [0.2, 0.25) is 0 Å². The number of fused-ring (bicyclic) bond motifs is 1. The van der Waals surface area contributed by atoms with Crippen molar-refractivity contribution >= 4 is 16.8 Å². The molecular weight excluding hydrogens is 283 g/mol. The standard InChI is InChI=1S/C17H21FN2O2/c1-11-8-12(18)9-15-14(11)10-16(19-15)17(22)20(13-4-5-13)6-2-3-7-21/h8-10,13,19,21H,2-7H2,1H3. The molecule has 1 fully saturated rings. The van der Waals surface area contributed by atoms with Crippen molar-refractivity contribution in [3.05, 3.63) is 35.3 Å². The fourth-order valence-electron chi connectivity index (χ4n) is 2.87. The maximum Gasteiger partial charge on any atom is 0.270 e. The van der Waals surface area contributed by atoms with Crippen LogP contribution in [0.2, 0.25) is 0 Å². The molecule has 1 aromatic carbocycles. The van der Waals surface area contributed by atoms with Crippen LogP contribution < -0.4 is 0 Å². The van der Waals surface area contributed by atoms with Crippen molar-refractivity contribution in [3.63, 3.8) is 0 Å². The van der Waals surface area contributed by atoms with E-state index in [2.05, 4.69) is 4.98 Å². The fraction of sp³-hybridized carbons (Fsp3) is 0.471. The van der Waals surface area contributed by atoms with E-state index in [0.717, 1.165) is 30.2 Å². The molecule has 0 saturated heterocycles. The van der Waals surface area contributed by atoms with Crippen LogP contribution in [0, 0.1) is 12.7 Å². The smallest absolute Gasteiger partial charge is 0.270 e. The lowest BCUT2D eigenvalue weighted by molar-refractivity contribution is 0.0732. The second kappa shape index (κ2) is 6.08. The van der Waals surface area contributed by atoms with Crippen LogP contribution in [0.3, 0.4) is 0 Å². The van der Waals surface area contributed by atoms with Crippen molar-refractivity contribution in [1.29, 1.82) is 0 Å². The highest BCUT2D eigenvalue weighted by atomic mass is 19.1. The highest BCUT2D eigenvalue weighted by Gasteiger charge is 2.33. The van der Waals surface area contributed by atoms with Crippen LogP contribution in [0.25, 0.3) is 10.9 Å². The molecule has 118 valence electrons. The molecular formula is C17H21FN2O2. The van der Waals surface area contributed by atoms with E-state index >= 15 is 0 Å². The van der Waals surface area contributed by atoms with Gasteiger partial charge in [0, 0.05) is 30.1 Å². The van der Waals surface area contributed by atoms with E-state index in [4.69, 9.17) is 5.11 Å².